The predicted molar refractivity (Wildman–Crippen MR) is 80.4 cm³/mol. The largest absolute Gasteiger partial charge is 0.351 e. The molecule has 4 heteroatoms. The highest BCUT2D eigenvalue weighted by Gasteiger charge is 2.34. The number of hydrogen-bond acceptors (Lipinski definition) is 2. The number of amides is 1. The first-order valence-corrected chi connectivity index (χ1v) is 7.65. The summed E-state index contributed by atoms with van der Waals surface area (Å²) < 4.78 is 12.8. The average Bonchev–Trinajstić information content (AvgIpc) is 3.10. The third kappa shape index (κ3) is 3.50. The molecule has 1 amide bonds. The second-order valence-corrected chi connectivity index (χ2v) is 6.01. The Kier molecular flexibility index (Phi) is 4.34. The highest BCUT2D eigenvalue weighted by atomic mass is 19.1. The van der Waals surface area contributed by atoms with Crippen LogP contribution in [0.2, 0.25) is 0 Å². The summed E-state index contributed by atoms with van der Waals surface area (Å²) in [6.07, 6.45) is 7.34. The van der Waals surface area contributed by atoms with Gasteiger partial charge in [0.2, 0.25) is 0 Å². The summed E-state index contributed by atoms with van der Waals surface area (Å²) in [7, 11) is 0. The Morgan fingerprint density at radius 3 is 2.62 bits per heavy atom. The SMILES string of the molecule is O=C(NCCNCC1CC2C=CC1C2)c1ccc(F)cc1. The Balaban J connectivity index is 1.32. The molecule has 2 aliphatic rings. The van der Waals surface area contributed by atoms with Crippen molar-refractivity contribution < 1.29 is 9.18 Å². The first-order valence-electron chi connectivity index (χ1n) is 7.65. The molecule has 0 heterocycles. The molecule has 0 aromatic heterocycles. The minimum Gasteiger partial charge on any atom is -0.351 e. The fourth-order valence-electron chi connectivity index (χ4n) is 3.38. The van der Waals surface area contributed by atoms with Gasteiger partial charge in [0, 0.05) is 18.7 Å². The van der Waals surface area contributed by atoms with Crippen molar-refractivity contribution in [1.82, 2.24) is 10.6 Å². The summed E-state index contributed by atoms with van der Waals surface area (Å²) in [5, 5.41) is 6.26. The lowest BCUT2D eigenvalue weighted by Gasteiger charge is -2.18. The Morgan fingerprint density at radius 2 is 1.95 bits per heavy atom. The van der Waals surface area contributed by atoms with Crippen molar-refractivity contribution in [2.24, 2.45) is 17.8 Å². The molecule has 2 aliphatic carbocycles. The zero-order valence-electron chi connectivity index (χ0n) is 12.0. The molecular formula is C17H21FN2O. The number of benzene rings is 1. The van der Waals surface area contributed by atoms with E-state index < -0.39 is 0 Å². The molecule has 3 rings (SSSR count). The van der Waals surface area contributed by atoms with Crippen LogP contribution < -0.4 is 10.6 Å². The zero-order valence-corrected chi connectivity index (χ0v) is 12.0. The van der Waals surface area contributed by atoms with Crippen molar-refractivity contribution in [1.29, 1.82) is 0 Å². The summed E-state index contributed by atoms with van der Waals surface area (Å²) in [4.78, 5) is 11.8. The van der Waals surface area contributed by atoms with Crippen LogP contribution in [-0.2, 0) is 0 Å². The van der Waals surface area contributed by atoms with Crippen LogP contribution in [0.15, 0.2) is 36.4 Å². The van der Waals surface area contributed by atoms with Gasteiger partial charge in [0.1, 0.15) is 5.82 Å². The third-order valence-electron chi connectivity index (χ3n) is 4.52. The summed E-state index contributed by atoms with van der Waals surface area (Å²) >= 11 is 0. The van der Waals surface area contributed by atoms with Crippen molar-refractivity contribution in [2.45, 2.75) is 12.8 Å². The Bertz CT molecular complexity index is 526. The lowest BCUT2D eigenvalue weighted by atomic mass is 9.94. The van der Waals surface area contributed by atoms with Crippen molar-refractivity contribution >= 4 is 5.91 Å². The van der Waals surface area contributed by atoms with Crippen LogP contribution in [-0.4, -0.2) is 25.5 Å². The van der Waals surface area contributed by atoms with Crippen molar-refractivity contribution in [3.8, 4) is 0 Å². The van der Waals surface area contributed by atoms with E-state index in [2.05, 4.69) is 22.8 Å². The van der Waals surface area contributed by atoms with Gasteiger partial charge in [0.25, 0.3) is 5.91 Å². The zero-order chi connectivity index (χ0) is 14.7. The van der Waals surface area contributed by atoms with Crippen LogP contribution in [0.25, 0.3) is 0 Å². The first kappa shape index (κ1) is 14.3. The third-order valence-corrected chi connectivity index (χ3v) is 4.52. The van der Waals surface area contributed by atoms with Gasteiger partial charge in [0.05, 0.1) is 0 Å². The molecule has 3 atom stereocenters. The lowest BCUT2D eigenvalue weighted by molar-refractivity contribution is 0.0953. The highest BCUT2D eigenvalue weighted by Crippen LogP contribution is 2.42. The van der Waals surface area contributed by atoms with Gasteiger partial charge in [-0.25, -0.2) is 4.39 Å². The smallest absolute Gasteiger partial charge is 0.251 e. The van der Waals surface area contributed by atoms with Crippen molar-refractivity contribution in [3.63, 3.8) is 0 Å². The summed E-state index contributed by atoms with van der Waals surface area (Å²) in [6.45, 7) is 2.38. The van der Waals surface area contributed by atoms with E-state index in [4.69, 9.17) is 0 Å². The van der Waals surface area contributed by atoms with Crippen LogP contribution in [0.4, 0.5) is 4.39 Å². The van der Waals surface area contributed by atoms with Gasteiger partial charge < -0.3 is 10.6 Å². The number of hydrogen-bond donors (Lipinski definition) is 2. The lowest BCUT2D eigenvalue weighted by Crippen LogP contribution is -2.34. The molecule has 1 fully saturated rings. The highest BCUT2D eigenvalue weighted by molar-refractivity contribution is 5.94. The number of halogens is 1. The van der Waals surface area contributed by atoms with E-state index in [0.29, 0.717) is 12.1 Å². The van der Waals surface area contributed by atoms with Crippen molar-refractivity contribution in [2.75, 3.05) is 19.6 Å². The molecule has 0 aliphatic heterocycles. The number of carbonyl (C=O) groups excluding carboxylic acids is 1. The molecule has 1 saturated carbocycles. The topological polar surface area (TPSA) is 41.1 Å². The fraction of sp³-hybridized carbons (Fsp3) is 0.471. The molecule has 2 N–H and O–H groups in total. The van der Waals surface area contributed by atoms with E-state index in [-0.39, 0.29) is 11.7 Å². The maximum absolute atomic E-state index is 12.8. The van der Waals surface area contributed by atoms with Gasteiger partial charge in [-0.1, -0.05) is 12.2 Å². The molecule has 3 unspecified atom stereocenters. The number of rotatable bonds is 6. The molecule has 3 nitrogen and oxygen atoms in total. The molecule has 0 saturated heterocycles. The molecule has 1 aromatic carbocycles. The van der Waals surface area contributed by atoms with E-state index in [1.54, 1.807) is 0 Å². The van der Waals surface area contributed by atoms with Gasteiger partial charge in [-0.3, -0.25) is 4.79 Å². The van der Waals surface area contributed by atoms with E-state index in [0.717, 1.165) is 30.8 Å². The van der Waals surface area contributed by atoms with Gasteiger partial charge in [-0.2, -0.15) is 0 Å². The monoisotopic (exact) mass is 288 g/mol. The van der Waals surface area contributed by atoms with E-state index in [1.807, 2.05) is 0 Å². The number of nitrogens with one attached hydrogen (secondary N) is 2. The summed E-state index contributed by atoms with van der Waals surface area (Å²) in [5.41, 5.74) is 0.495. The van der Waals surface area contributed by atoms with Crippen LogP contribution >= 0.6 is 0 Å². The van der Waals surface area contributed by atoms with Gasteiger partial charge >= 0.3 is 0 Å². The Hall–Kier alpha value is -1.68. The second kappa shape index (κ2) is 6.39. The quantitative estimate of drug-likeness (QED) is 0.623. The number of carbonyl (C=O) groups is 1. The minimum atomic E-state index is -0.326. The van der Waals surface area contributed by atoms with Gasteiger partial charge in [0.15, 0.2) is 0 Å². The Labute approximate surface area is 124 Å². The van der Waals surface area contributed by atoms with E-state index in [9.17, 15) is 9.18 Å². The van der Waals surface area contributed by atoms with Crippen LogP contribution in [0.3, 0.4) is 0 Å². The summed E-state index contributed by atoms with van der Waals surface area (Å²) in [6, 6.07) is 5.60. The fourth-order valence-corrected chi connectivity index (χ4v) is 3.38. The standard InChI is InChI=1S/C17H21FN2O/c18-16-5-3-13(4-6-16)17(21)20-8-7-19-11-15-10-12-1-2-14(15)9-12/h1-6,12,14-15,19H,7-11H2,(H,20,21). The second-order valence-electron chi connectivity index (χ2n) is 6.01. The molecule has 112 valence electrons. The first-order chi connectivity index (χ1) is 10.2. The van der Waals surface area contributed by atoms with Crippen molar-refractivity contribution in [3.05, 3.63) is 47.8 Å². The maximum atomic E-state index is 12.8. The predicted octanol–water partition coefficient (Wildman–Crippen LogP) is 2.36. The van der Waals surface area contributed by atoms with E-state index >= 15 is 0 Å². The molecule has 2 bridgehead atoms. The molecule has 0 radical (unpaired) electrons. The summed E-state index contributed by atoms with van der Waals surface area (Å²) in [5.74, 6) is 1.84. The average molecular weight is 288 g/mol. The van der Waals surface area contributed by atoms with Gasteiger partial charge in [-0.05, 0) is 61.4 Å². The minimum absolute atomic E-state index is 0.153. The van der Waals surface area contributed by atoms with Gasteiger partial charge in [-0.15, -0.1) is 0 Å². The number of fused-ring (bicyclic) bond motifs is 2. The van der Waals surface area contributed by atoms with Crippen LogP contribution in [0, 0.1) is 23.6 Å². The molecule has 21 heavy (non-hydrogen) atoms. The normalized spacial score (nSPS) is 26.2. The van der Waals surface area contributed by atoms with Crippen LogP contribution in [0.5, 0.6) is 0 Å². The molecular weight excluding hydrogens is 267 g/mol. The molecule has 1 aromatic rings. The van der Waals surface area contributed by atoms with E-state index in [1.165, 1.54) is 37.1 Å². The Morgan fingerprint density at radius 1 is 1.14 bits per heavy atom. The molecule has 0 spiro atoms. The maximum Gasteiger partial charge on any atom is 0.251 e. The van der Waals surface area contributed by atoms with Crippen LogP contribution in [0.1, 0.15) is 23.2 Å². The number of allylic oxidation sites excluding steroid dienone is 2.